The quantitative estimate of drug-likeness (QED) is 0.445. The minimum Gasteiger partial charge on any atom is -0.454 e. The summed E-state index contributed by atoms with van der Waals surface area (Å²) in [7, 11) is 1.24. The number of ether oxygens (including phenoxy) is 1. The largest absolute Gasteiger partial charge is 0.454 e. The molecule has 168 valence electrons. The van der Waals surface area contributed by atoms with Crippen LogP contribution in [0.1, 0.15) is 41.0 Å². The molecular formula is C21H23N5O6. The van der Waals surface area contributed by atoms with Crippen LogP contribution in [0, 0.1) is 17.2 Å². The van der Waals surface area contributed by atoms with Crippen LogP contribution in [0.4, 0.5) is 11.5 Å². The molecule has 0 radical (unpaired) electrons. The van der Waals surface area contributed by atoms with Gasteiger partial charge in [0.15, 0.2) is 6.61 Å². The van der Waals surface area contributed by atoms with Gasteiger partial charge >= 0.3 is 11.7 Å². The summed E-state index contributed by atoms with van der Waals surface area (Å²) in [5.41, 5.74) is 4.48. The molecule has 3 N–H and O–H groups in total. The summed E-state index contributed by atoms with van der Waals surface area (Å²) < 4.78 is 6.92. The first-order valence-corrected chi connectivity index (χ1v) is 9.63. The van der Waals surface area contributed by atoms with Gasteiger partial charge in [-0.25, -0.2) is 9.59 Å². The van der Waals surface area contributed by atoms with Gasteiger partial charge in [0, 0.05) is 19.3 Å². The van der Waals surface area contributed by atoms with Crippen LogP contribution in [0.25, 0.3) is 0 Å². The van der Waals surface area contributed by atoms with Gasteiger partial charge in [-0.05, 0) is 30.2 Å². The van der Waals surface area contributed by atoms with E-state index in [0.717, 1.165) is 9.13 Å². The predicted molar refractivity (Wildman–Crippen MR) is 115 cm³/mol. The lowest BCUT2D eigenvalue weighted by molar-refractivity contribution is -0.115. The Morgan fingerprint density at radius 1 is 1.19 bits per heavy atom. The topological polar surface area (TPSA) is 166 Å². The SMILES string of the molecule is CC(C)Cn1c(N)c(C(=O)COC(=O)c2ccc(NC(=O)CC#N)cc2)c(=O)n(C)c1=O. The van der Waals surface area contributed by atoms with Crippen molar-refractivity contribution < 1.29 is 19.1 Å². The second-order valence-electron chi connectivity index (χ2n) is 7.37. The fourth-order valence-corrected chi connectivity index (χ4v) is 2.84. The van der Waals surface area contributed by atoms with Crippen molar-refractivity contribution >= 4 is 29.2 Å². The fourth-order valence-electron chi connectivity index (χ4n) is 2.84. The van der Waals surface area contributed by atoms with Crippen LogP contribution < -0.4 is 22.3 Å². The molecule has 11 heteroatoms. The first kappa shape index (κ1) is 24.1. The summed E-state index contributed by atoms with van der Waals surface area (Å²) >= 11 is 0. The maximum Gasteiger partial charge on any atom is 0.338 e. The minimum atomic E-state index is -0.869. The number of rotatable bonds is 8. The first-order valence-electron chi connectivity index (χ1n) is 9.63. The Labute approximate surface area is 183 Å². The van der Waals surface area contributed by atoms with E-state index in [1.807, 2.05) is 13.8 Å². The molecule has 1 aromatic heterocycles. The maximum absolute atomic E-state index is 12.6. The number of nitriles is 1. The van der Waals surface area contributed by atoms with Crippen LogP contribution in [0.5, 0.6) is 0 Å². The zero-order valence-electron chi connectivity index (χ0n) is 17.9. The summed E-state index contributed by atoms with van der Waals surface area (Å²) in [6.07, 6.45) is -0.307. The molecule has 2 aromatic rings. The minimum absolute atomic E-state index is 0.0286. The third-order valence-electron chi connectivity index (χ3n) is 4.39. The molecule has 0 fully saturated rings. The third-order valence-corrected chi connectivity index (χ3v) is 4.39. The van der Waals surface area contributed by atoms with Gasteiger partial charge in [0.2, 0.25) is 11.7 Å². The summed E-state index contributed by atoms with van der Waals surface area (Å²) in [6.45, 7) is 3.15. The van der Waals surface area contributed by atoms with Crippen molar-refractivity contribution in [2.45, 2.75) is 26.8 Å². The Bertz CT molecular complexity index is 1200. The highest BCUT2D eigenvalue weighted by Crippen LogP contribution is 2.12. The van der Waals surface area contributed by atoms with E-state index in [-0.39, 0.29) is 30.3 Å². The van der Waals surface area contributed by atoms with Gasteiger partial charge in [0.1, 0.15) is 17.8 Å². The fraction of sp³-hybridized carbons (Fsp3) is 0.333. The summed E-state index contributed by atoms with van der Waals surface area (Å²) in [6, 6.07) is 7.32. The number of aromatic nitrogens is 2. The number of Topliss-reactive ketones (excluding diaryl/α,β-unsaturated/α-hetero) is 1. The molecule has 11 nitrogen and oxygen atoms in total. The van der Waals surface area contributed by atoms with Crippen LogP contribution in [-0.2, 0) is 23.1 Å². The van der Waals surface area contributed by atoms with E-state index < -0.39 is 41.1 Å². The molecule has 1 heterocycles. The number of nitrogens with zero attached hydrogens (tertiary/aromatic N) is 3. The lowest BCUT2D eigenvalue weighted by Gasteiger charge is -2.16. The molecule has 0 spiro atoms. The van der Waals surface area contributed by atoms with Crippen LogP contribution >= 0.6 is 0 Å². The van der Waals surface area contributed by atoms with Gasteiger partial charge in [-0.2, -0.15) is 5.26 Å². The van der Waals surface area contributed by atoms with Gasteiger partial charge in [-0.1, -0.05) is 13.8 Å². The molecule has 0 saturated heterocycles. The molecular weight excluding hydrogens is 418 g/mol. The molecule has 1 amide bonds. The zero-order valence-corrected chi connectivity index (χ0v) is 17.9. The summed E-state index contributed by atoms with van der Waals surface area (Å²) in [5, 5.41) is 11.0. The molecule has 32 heavy (non-hydrogen) atoms. The second-order valence-corrected chi connectivity index (χ2v) is 7.37. The highest BCUT2D eigenvalue weighted by Gasteiger charge is 2.23. The van der Waals surface area contributed by atoms with Crippen LogP contribution in [0.3, 0.4) is 0 Å². The van der Waals surface area contributed by atoms with E-state index in [2.05, 4.69) is 5.32 Å². The number of esters is 1. The van der Waals surface area contributed by atoms with Gasteiger partial charge in [0.25, 0.3) is 5.56 Å². The number of carbonyl (C=O) groups excluding carboxylic acids is 3. The molecule has 0 bridgehead atoms. The van der Waals surface area contributed by atoms with Gasteiger partial charge in [0.05, 0.1) is 11.6 Å². The van der Waals surface area contributed by atoms with Gasteiger partial charge in [-0.15, -0.1) is 0 Å². The average molecular weight is 441 g/mol. The Hall–Kier alpha value is -4.20. The molecule has 0 atom stereocenters. The third kappa shape index (κ3) is 5.48. The van der Waals surface area contributed by atoms with Gasteiger partial charge < -0.3 is 15.8 Å². The lowest BCUT2D eigenvalue weighted by atomic mass is 10.1. The van der Waals surface area contributed by atoms with E-state index in [0.29, 0.717) is 5.69 Å². The smallest absolute Gasteiger partial charge is 0.338 e. The first-order chi connectivity index (χ1) is 15.1. The van der Waals surface area contributed by atoms with E-state index in [1.54, 1.807) is 6.07 Å². The van der Waals surface area contributed by atoms with E-state index in [9.17, 15) is 24.0 Å². The molecule has 0 saturated carbocycles. The number of hydrogen-bond donors (Lipinski definition) is 2. The average Bonchev–Trinajstić information content (AvgIpc) is 2.74. The predicted octanol–water partition coefficient (Wildman–Crippen LogP) is 0.677. The number of nitrogens with two attached hydrogens (primary N) is 1. The number of nitrogen functional groups attached to an aromatic ring is 1. The van der Waals surface area contributed by atoms with Crippen molar-refractivity contribution in [1.29, 1.82) is 5.26 Å². The van der Waals surface area contributed by atoms with Crippen molar-refractivity contribution in [2.75, 3.05) is 17.7 Å². The Morgan fingerprint density at radius 3 is 2.38 bits per heavy atom. The normalized spacial score (nSPS) is 10.5. The van der Waals surface area contributed by atoms with E-state index in [1.165, 1.54) is 31.3 Å². The van der Waals surface area contributed by atoms with Crippen LogP contribution in [0.15, 0.2) is 33.9 Å². The molecule has 0 unspecified atom stereocenters. The molecule has 0 aliphatic rings. The van der Waals surface area contributed by atoms with Crippen molar-refractivity contribution in [3.63, 3.8) is 0 Å². The Kier molecular flexibility index (Phi) is 7.68. The number of nitrogens with one attached hydrogen (secondary N) is 1. The summed E-state index contributed by atoms with van der Waals surface area (Å²) in [4.78, 5) is 61.0. The monoisotopic (exact) mass is 441 g/mol. The number of carbonyl (C=O) groups is 3. The zero-order chi connectivity index (χ0) is 24.0. The van der Waals surface area contributed by atoms with Crippen LogP contribution in [0.2, 0.25) is 0 Å². The van der Waals surface area contributed by atoms with E-state index in [4.69, 9.17) is 15.7 Å². The highest BCUT2D eigenvalue weighted by molar-refractivity contribution is 6.02. The molecule has 0 aliphatic carbocycles. The number of hydrogen-bond acceptors (Lipinski definition) is 8. The molecule has 2 rings (SSSR count). The number of benzene rings is 1. The van der Waals surface area contributed by atoms with Crippen molar-refractivity contribution in [3.8, 4) is 6.07 Å². The second kappa shape index (κ2) is 10.2. The number of anilines is 2. The molecule has 1 aromatic carbocycles. The van der Waals surface area contributed by atoms with Gasteiger partial charge in [-0.3, -0.25) is 23.5 Å². The standard InChI is InChI=1S/C21H23N5O6/c1-12(2)10-26-18(23)17(19(29)25(3)21(26)31)15(27)11-32-20(30)13-4-6-14(7-5-13)24-16(28)8-9-22/h4-7,12H,8,10-11,23H2,1-3H3,(H,24,28). The lowest BCUT2D eigenvalue weighted by Crippen LogP contribution is -2.43. The van der Waals surface area contributed by atoms with E-state index >= 15 is 0 Å². The van der Waals surface area contributed by atoms with Crippen molar-refractivity contribution in [2.24, 2.45) is 13.0 Å². The maximum atomic E-state index is 12.6. The highest BCUT2D eigenvalue weighted by atomic mass is 16.5. The van der Waals surface area contributed by atoms with Crippen LogP contribution in [-0.4, -0.2) is 33.4 Å². The summed E-state index contributed by atoms with van der Waals surface area (Å²) in [5.74, 6) is -2.41. The van der Waals surface area contributed by atoms with Crippen molar-refractivity contribution in [1.82, 2.24) is 9.13 Å². The Morgan fingerprint density at radius 2 is 1.81 bits per heavy atom. The number of ketones is 1. The van der Waals surface area contributed by atoms with Crippen molar-refractivity contribution in [3.05, 3.63) is 56.2 Å². The number of amides is 1. The Balaban J connectivity index is 2.16. The molecule has 0 aliphatic heterocycles.